The van der Waals surface area contributed by atoms with E-state index in [0.29, 0.717) is 11.1 Å². The van der Waals surface area contributed by atoms with Crippen LogP contribution in [0.2, 0.25) is 0 Å². The Morgan fingerprint density at radius 1 is 1.43 bits per heavy atom. The first-order valence-corrected chi connectivity index (χ1v) is 4.08. The summed E-state index contributed by atoms with van der Waals surface area (Å²) in [6.07, 6.45) is 1.44. The fraction of sp³-hybridized carbons (Fsp3) is 0.100. The van der Waals surface area contributed by atoms with Gasteiger partial charge in [-0.2, -0.15) is 0 Å². The second-order valence-electron chi connectivity index (χ2n) is 2.91. The average molecular weight is 189 g/mol. The summed E-state index contributed by atoms with van der Waals surface area (Å²) in [6.45, 7) is 1.32. The van der Waals surface area contributed by atoms with Crippen LogP contribution in [0.25, 0.3) is 6.08 Å². The second-order valence-corrected chi connectivity index (χ2v) is 2.91. The number of hydrogen-bond donors (Lipinski definition) is 0. The number of carbonyl (C=O) groups is 2. The van der Waals surface area contributed by atoms with E-state index < -0.39 is 5.97 Å². The summed E-state index contributed by atoms with van der Waals surface area (Å²) in [5.74, 6) is -0.263. The first kappa shape index (κ1) is 8.62. The summed E-state index contributed by atoms with van der Waals surface area (Å²) in [7, 11) is 0. The molecular weight excluding hydrogens is 182 g/mol. The van der Waals surface area contributed by atoms with E-state index in [4.69, 9.17) is 4.74 Å². The predicted molar refractivity (Wildman–Crippen MR) is 48.0 cm³/mol. The van der Waals surface area contributed by atoms with Crippen LogP contribution in [0.15, 0.2) is 23.2 Å². The molecule has 0 atom stereocenters. The molecule has 1 aliphatic heterocycles. The minimum Gasteiger partial charge on any atom is -0.427 e. The van der Waals surface area contributed by atoms with Gasteiger partial charge >= 0.3 is 5.97 Å². The SMILES string of the molecule is CC(=O)Oc1ccc2c(c1)=NC(=O)C=2. The molecule has 0 bridgehead atoms. The van der Waals surface area contributed by atoms with E-state index >= 15 is 0 Å². The first-order valence-electron chi connectivity index (χ1n) is 4.08. The Bertz CT molecular complexity index is 531. The maximum absolute atomic E-state index is 10.9. The lowest BCUT2D eigenvalue weighted by atomic mass is 10.3. The third-order valence-corrected chi connectivity index (χ3v) is 1.77. The molecule has 0 fully saturated rings. The summed E-state index contributed by atoms with van der Waals surface area (Å²) in [5.41, 5.74) is 0. The Kier molecular flexibility index (Phi) is 1.89. The molecule has 0 saturated carbocycles. The highest BCUT2D eigenvalue weighted by atomic mass is 16.5. The quantitative estimate of drug-likeness (QED) is 0.444. The van der Waals surface area contributed by atoms with Gasteiger partial charge < -0.3 is 4.74 Å². The van der Waals surface area contributed by atoms with Crippen molar-refractivity contribution < 1.29 is 14.3 Å². The fourth-order valence-corrected chi connectivity index (χ4v) is 1.26. The van der Waals surface area contributed by atoms with Crippen molar-refractivity contribution in [3.8, 4) is 5.75 Å². The van der Waals surface area contributed by atoms with Crippen LogP contribution in [0.5, 0.6) is 5.75 Å². The molecule has 0 saturated heterocycles. The highest BCUT2D eigenvalue weighted by Gasteiger charge is 2.05. The molecule has 4 nitrogen and oxygen atoms in total. The van der Waals surface area contributed by atoms with Gasteiger partial charge in [-0.05, 0) is 12.1 Å². The second kappa shape index (κ2) is 3.06. The zero-order chi connectivity index (χ0) is 10.1. The van der Waals surface area contributed by atoms with Gasteiger partial charge in [0, 0.05) is 24.3 Å². The van der Waals surface area contributed by atoms with Crippen LogP contribution in [0.4, 0.5) is 0 Å². The Labute approximate surface area is 79.5 Å². The molecule has 1 aliphatic rings. The van der Waals surface area contributed by atoms with Crippen molar-refractivity contribution in [2.75, 3.05) is 0 Å². The van der Waals surface area contributed by atoms with Crippen molar-refractivity contribution in [1.82, 2.24) is 0 Å². The molecule has 1 amide bonds. The van der Waals surface area contributed by atoms with Crippen LogP contribution in [0.3, 0.4) is 0 Å². The van der Waals surface area contributed by atoms with Crippen molar-refractivity contribution in [3.63, 3.8) is 0 Å². The largest absolute Gasteiger partial charge is 0.427 e. The molecule has 1 heterocycles. The standard InChI is InChI=1S/C10H7NO3/c1-6(12)14-8-3-2-7-4-10(13)11-9(7)5-8/h2-5H,1H3. The molecule has 2 rings (SSSR count). The van der Waals surface area contributed by atoms with Crippen molar-refractivity contribution >= 4 is 18.0 Å². The van der Waals surface area contributed by atoms with Gasteiger partial charge in [0.15, 0.2) is 0 Å². The van der Waals surface area contributed by atoms with Gasteiger partial charge in [0.05, 0.1) is 5.36 Å². The summed E-state index contributed by atoms with van der Waals surface area (Å²) in [6, 6.07) is 4.89. The smallest absolute Gasteiger partial charge is 0.308 e. The molecule has 4 heteroatoms. The topological polar surface area (TPSA) is 55.7 Å². The molecule has 0 aliphatic carbocycles. The van der Waals surface area contributed by atoms with E-state index in [2.05, 4.69) is 4.99 Å². The number of rotatable bonds is 1. The maximum atomic E-state index is 10.9. The summed E-state index contributed by atoms with van der Waals surface area (Å²) in [4.78, 5) is 25.3. The Morgan fingerprint density at radius 3 is 2.93 bits per heavy atom. The Hall–Kier alpha value is -1.97. The van der Waals surface area contributed by atoms with E-state index in [-0.39, 0.29) is 5.91 Å². The van der Waals surface area contributed by atoms with Gasteiger partial charge in [-0.15, -0.1) is 0 Å². The van der Waals surface area contributed by atoms with Gasteiger partial charge in [0.25, 0.3) is 5.91 Å². The van der Waals surface area contributed by atoms with Crippen molar-refractivity contribution in [2.24, 2.45) is 4.99 Å². The minimum atomic E-state index is -0.391. The minimum absolute atomic E-state index is 0.278. The zero-order valence-electron chi connectivity index (χ0n) is 7.48. The van der Waals surface area contributed by atoms with E-state index in [1.165, 1.54) is 13.0 Å². The van der Waals surface area contributed by atoms with Gasteiger partial charge in [-0.1, -0.05) is 0 Å². The Morgan fingerprint density at radius 2 is 2.21 bits per heavy atom. The molecule has 0 spiro atoms. The highest BCUT2D eigenvalue weighted by molar-refractivity contribution is 6.06. The van der Waals surface area contributed by atoms with E-state index in [0.717, 1.165) is 5.22 Å². The lowest BCUT2D eigenvalue weighted by molar-refractivity contribution is -0.131. The number of benzene rings is 1. The number of esters is 1. The summed E-state index contributed by atoms with van der Waals surface area (Å²) in [5, 5.41) is 1.31. The van der Waals surface area contributed by atoms with Crippen LogP contribution in [-0.2, 0) is 9.59 Å². The van der Waals surface area contributed by atoms with Gasteiger partial charge in [0.2, 0.25) is 0 Å². The van der Waals surface area contributed by atoms with Crippen LogP contribution in [0, 0.1) is 0 Å². The van der Waals surface area contributed by atoms with Crippen LogP contribution in [0.1, 0.15) is 6.92 Å². The van der Waals surface area contributed by atoms with Gasteiger partial charge in [0.1, 0.15) is 5.75 Å². The van der Waals surface area contributed by atoms with Crippen LogP contribution in [-0.4, -0.2) is 11.9 Å². The molecule has 0 aromatic heterocycles. The van der Waals surface area contributed by atoms with Crippen molar-refractivity contribution in [1.29, 1.82) is 0 Å². The Balaban J connectivity index is 2.49. The first-order chi connectivity index (χ1) is 6.65. The monoisotopic (exact) mass is 189 g/mol. The zero-order valence-corrected chi connectivity index (χ0v) is 7.48. The molecule has 1 aromatic carbocycles. The van der Waals surface area contributed by atoms with E-state index in [9.17, 15) is 9.59 Å². The molecule has 14 heavy (non-hydrogen) atoms. The van der Waals surface area contributed by atoms with Gasteiger partial charge in [-0.25, -0.2) is 4.99 Å². The summed E-state index contributed by atoms with van der Waals surface area (Å²) < 4.78 is 4.85. The van der Waals surface area contributed by atoms with Crippen molar-refractivity contribution in [2.45, 2.75) is 6.92 Å². The van der Waals surface area contributed by atoms with Crippen LogP contribution < -0.4 is 15.3 Å². The lowest BCUT2D eigenvalue weighted by Crippen LogP contribution is -2.21. The summed E-state index contributed by atoms with van der Waals surface area (Å²) >= 11 is 0. The average Bonchev–Trinajstić information content (AvgIpc) is 2.42. The highest BCUT2D eigenvalue weighted by Crippen LogP contribution is 2.04. The van der Waals surface area contributed by atoms with E-state index in [1.807, 2.05) is 0 Å². The molecule has 1 aromatic rings. The number of carbonyl (C=O) groups excluding carboxylic acids is 2. The number of fused-ring (bicyclic) bond motifs is 1. The van der Waals surface area contributed by atoms with Crippen molar-refractivity contribution in [3.05, 3.63) is 28.8 Å². The maximum Gasteiger partial charge on any atom is 0.308 e. The van der Waals surface area contributed by atoms with Gasteiger partial charge in [-0.3, -0.25) is 9.59 Å². The molecule has 70 valence electrons. The van der Waals surface area contributed by atoms with E-state index in [1.54, 1.807) is 18.2 Å². The number of amides is 1. The molecule has 0 N–H and O–H groups in total. The third-order valence-electron chi connectivity index (χ3n) is 1.77. The number of hydrogen-bond acceptors (Lipinski definition) is 3. The third kappa shape index (κ3) is 1.54. The van der Waals surface area contributed by atoms with Crippen LogP contribution >= 0.6 is 0 Å². The number of nitrogens with zero attached hydrogens (tertiary/aromatic N) is 1. The molecule has 0 radical (unpaired) electrons. The number of ether oxygens (including phenoxy) is 1. The lowest BCUT2D eigenvalue weighted by Gasteiger charge is -1.98. The normalized spacial score (nSPS) is 12.8. The predicted octanol–water partition coefficient (Wildman–Crippen LogP) is -0.448. The molecule has 0 unspecified atom stereocenters. The molecular formula is C10H7NO3. The fourth-order valence-electron chi connectivity index (χ4n) is 1.26.